The molecule has 2 saturated heterocycles. The zero-order valence-electron chi connectivity index (χ0n) is 16.6. The first kappa shape index (κ1) is 17.4. The molecule has 1 aromatic carbocycles. The number of rotatable bonds is 4. The van der Waals surface area contributed by atoms with Gasteiger partial charge < -0.3 is 25.3 Å². The van der Waals surface area contributed by atoms with Crippen molar-refractivity contribution in [2.75, 3.05) is 43.4 Å². The highest BCUT2D eigenvalue weighted by Crippen LogP contribution is 2.39. The highest BCUT2D eigenvalue weighted by Gasteiger charge is 2.37. The number of benzene rings is 1. The smallest absolute Gasteiger partial charge is 0.326 e. The van der Waals surface area contributed by atoms with Gasteiger partial charge in [-0.2, -0.15) is 9.97 Å². The molecule has 0 amide bonds. The Morgan fingerprint density at radius 3 is 2.67 bits per heavy atom. The summed E-state index contributed by atoms with van der Waals surface area (Å²) in [5.41, 5.74) is 2.81. The summed E-state index contributed by atoms with van der Waals surface area (Å²) in [5.74, 6) is 2.73. The normalized spacial score (nSPS) is 20.8. The molecule has 9 nitrogen and oxygen atoms in total. The number of fused-ring (bicyclic) bond motifs is 4. The van der Waals surface area contributed by atoms with E-state index >= 15 is 0 Å². The fourth-order valence-electron chi connectivity index (χ4n) is 4.74. The maximum Gasteiger partial charge on any atom is 0.326 e. The number of anilines is 2. The van der Waals surface area contributed by atoms with E-state index in [1.165, 1.54) is 6.33 Å². The second-order valence-electron chi connectivity index (χ2n) is 7.92. The second kappa shape index (κ2) is 6.81. The van der Waals surface area contributed by atoms with Crippen LogP contribution >= 0.6 is 0 Å². The Balaban J connectivity index is 1.53. The first-order valence-electron chi connectivity index (χ1n) is 10.2. The van der Waals surface area contributed by atoms with Gasteiger partial charge in [0.25, 0.3) is 0 Å². The Bertz CT molecular complexity index is 1210. The van der Waals surface area contributed by atoms with Gasteiger partial charge in [0.1, 0.15) is 17.8 Å². The number of ether oxygens (including phenoxy) is 1. The molecule has 2 fully saturated rings. The minimum Gasteiger partial charge on any atom is -0.421 e. The predicted molar refractivity (Wildman–Crippen MR) is 115 cm³/mol. The van der Waals surface area contributed by atoms with Gasteiger partial charge in [-0.15, -0.1) is 0 Å². The van der Waals surface area contributed by atoms with E-state index in [-0.39, 0.29) is 0 Å². The molecule has 4 aromatic rings. The number of aromatic nitrogens is 5. The lowest BCUT2D eigenvalue weighted by Crippen LogP contribution is -2.26. The fraction of sp³-hybridized carbons (Fsp3) is 0.333. The van der Waals surface area contributed by atoms with Crippen LogP contribution in [0.25, 0.3) is 21.9 Å². The summed E-state index contributed by atoms with van der Waals surface area (Å²) < 4.78 is 5.91. The molecule has 0 bridgehead atoms. The summed E-state index contributed by atoms with van der Waals surface area (Å²) in [6.07, 6.45) is 4.68. The van der Waals surface area contributed by atoms with E-state index in [1.54, 1.807) is 12.4 Å². The second-order valence-corrected chi connectivity index (χ2v) is 7.92. The van der Waals surface area contributed by atoms with Crippen molar-refractivity contribution >= 4 is 33.4 Å². The third-order valence-corrected chi connectivity index (χ3v) is 6.15. The Morgan fingerprint density at radius 2 is 1.90 bits per heavy atom. The molecule has 5 heterocycles. The molecule has 2 aliphatic rings. The Kier molecular flexibility index (Phi) is 3.95. The lowest BCUT2D eigenvalue weighted by molar-refractivity contribution is 0.439. The molecule has 152 valence electrons. The van der Waals surface area contributed by atoms with Crippen LogP contribution in [-0.2, 0) is 0 Å². The lowest BCUT2D eigenvalue weighted by Gasteiger charge is -2.20. The third-order valence-electron chi connectivity index (χ3n) is 6.15. The highest BCUT2D eigenvalue weighted by molar-refractivity contribution is 6.14. The molecule has 0 aliphatic carbocycles. The first-order valence-corrected chi connectivity index (χ1v) is 10.2. The van der Waals surface area contributed by atoms with Crippen molar-refractivity contribution < 1.29 is 4.74 Å². The Hall–Kier alpha value is -3.46. The first-order chi connectivity index (χ1) is 14.8. The third kappa shape index (κ3) is 2.73. The van der Waals surface area contributed by atoms with Gasteiger partial charge in [-0.1, -0.05) is 12.1 Å². The van der Waals surface area contributed by atoms with E-state index in [1.807, 2.05) is 7.05 Å². The van der Waals surface area contributed by atoms with Crippen LogP contribution in [0.4, 0.5) is 11.5 Å². The predicted octanol–water partition coefficient (Wildman–Crippen LogP) is 2.39. The van der Waals surface area contributed by atoms with Crippen molar-refractivity contribution in [2.45, 2.75) is 0 Å². The molecule has 9 heteroatoms. The topological polar surface area (TPSA) is 104 Å². The van der Waals surface area contributed by atoms with Crippen molar-refractivity contribution in [1.29, 1.82) is 0 Å². The van der Waals surface area contributed by atoms with E-state index in [0.29, 0.717) is 23.6 Å². The molecule has 3 N–H and O–H groups in total. The lowest BCUT2D eigenvalue weighted by atomic mass is 10.0. The number of nitrogens with zero attached hydrogens (tertiary/aromatic N) is 5. The maximum atomic E-state index is 5.91. The fourth-order valence-corrected chi connectivity index (χ4v) is 4.74. The monoisotopic (exact) mass is 402 g/mol. The van der Waals surface area contributed by atoms with Crippen LogP contribution < -0.4 is 20.3 Å². The molecule has 0 saturated carbocycles. The van der Waals surface area contributed by atoms with Crippen molar-refractivity contribution in [3.63, 3.8) is 0 Å². The standard InChI is InChI=1S/C21H22N8O/c1-22-16-4-2-3-15-17-19(26-18(15)16)27-21(30-14-7-24-11-25-8-14)28-20(17)29-9-12-5-23-6-13(12)10-29/h2-4,7-8,11-13,22-23H,5-6,9-10H2,1H3,(H,26,27,28). The van der Waals surface area contributed by atoms with E-state index in [0.717, 1.165) is 59.6 Å². The molecule has 0 radical (unpaired) electrons. The molecule has 2 atom stereocenters. The van der Waals surface area contributed by atoms with E-state index < -0.39 is 0 Å². The van der Waals surface area contributed by atoms with Crippen LogP contribution in [-0.4, -0.2) is 58.1 Å². The number of para-hydroxylation sites is 1. The molecular formula is C21H22N8O. The Morgan fingerprint density at radius 1 is 1.10 bits per heavy atom. The van der Waals surface area contributed by atoms with Crippen molar-refractivity contribution in [1.82, 2.24) is 30.2 Å². The molecule has 0 spiro atoms. The minimum atomic E-state index is 0.292. The molecule has 2 unspecified atom stereocenters. The summed E-state index contributed by atoms with van der Waals surface area (Å²) in [7, 11) is 1.92. The van der Waals surface area contributed by atoms with Crippen LogP contribution in [0.1, 0.15) is 0 Å². The number of nitrogens with one attached hydrogen (secondary N) is 3. The SMILES string of the molecule is CNc1cccc2c1[nH]c1nc(Oc3cncnc3)nc(N3CC4CNCC4C3)c12. The van der Waals surface area contributed by atoms with Crippen LogP contribution in [0.2, 0.25) is 0 Å². The number of aromatic amines is 1. The van der Waals surface area contributed by atoms with Gasteiger partial charge >= 0.3 is 6.01 Å². The van der Waals surface area contributed by atoms with E-state index in [9.17, 15) is 0 Å². The summed E-state index contributed by atoms with van der Waals surface area (Å²) >= 11 is 0. The number of H-pyrrole nitrogens is 1. The largest absolute Gasteiger partial charge is 0.421 e. The van der Waals surface area contributed by atoms with E-state index in [2.05, 4.69) is 53.7 Å². The molecule has 6 rings (SSSR count). The van der Waals surface area contributed by atoms with Crippen LogP contribution in [0.5, 0.6) is 11.8 Å². The molecule has 3 aromatic heterocycles. The van der Waals surface area contributed by atoms with Crippen LogP contribution in [0, 0.1) is 11.8 Å². The van der Waals surface area contributed by atoms with Gasteiger partial charge in [0.05, 0.1) is 29.0 Å². The van der Waals surface area contributed by atoms with E-state index in [4.69, 9.17) is 9.72 Å². The molecule has 2 aliphatic heterocycles. The van der Waals surface area contributed by atoms with Gasteiger partial charge in [-0.3, -0.25) is 0 Å². The van der Waals surface area contributed by atoms with Crippen molar-refractivity contribution in [3.05, 3.63) is 36.9 Å². The summed E-state index contributed by atoms with van der Waals surface area (Å²) in [6.45, 7) is 4.10. The summed E-state index contributed by atoms with van der Waals surface area (Å²) in [6, 6.07) is 6.51. The summed E-state index contributed by atoms with van der Waals surface area (Å²) in [5, 5.41) is 8.90. The number of hydrogen-bond donors (Lipinski definition) is 3. The average Bonchev–Trinajstić information content (AvgIpc) is 3.46. The minimum absolute atomic E-state index is 0.292. The van der Waals surface area contributed by atoms with Crippen LogP contribution in [0.3, 0.4) is 0 Å². The van der Waals surface area contributed by atoms with Gasteiger partial charge in [-0.05, 0) is 17.9 Å². The Labute approximate surface area is 172 Å². The summed E-state index contributed by atoms with van der Waals surface area (Å²) in [4.78, 5) is 23.4. The maximum absolute atomic E-state index is 5.91. The highest BCUT2D eigenvalue weighted by atomic mass is 16.5. The zero-order chi connectivity index (χ0) is 20.1. The molecule has 30 heavy (non-hydrogen) atoms. The number of hydrogen-bond acceptors (Lipinski definition) is 8. The van der Waals surface area contributed by atoms with Gasteiger partial charge in [0.15, 0.2) is 5.75 Å². The van der Waals surface area contributed by atoms with Crippen molar-refractivity contribution in [3.8, 4) is 11.8 Å². The van der Waals surface area contributed by atoms with Crippen molar-refractivity contribution in [2.24, 2.45) is 11.8 Å². The van der Waals surface area contributed by atoms with Crippen LogP contribution in [0.15, 0.2) is 36.9 Å². The average molecular weight is 402 g/mol. The van der Waals surface area contributed by atoms with Gasteiger partial charge in [0.2, 0.25) is 0 Å². The van der Waals surface area contributed by atoms with Gasteiger partial charge in [0, 0.05) is 38.6 Å². The quantitative estimate of drug-likeness (QED) is 0.478. The zero-order valence-corrected chi connectivity index (χ0v) is 16.6. The molecular weight excluding hydrogens is 380 g/mol. The van der Waals surface area contributed by atoms with Gasteiger partial charge in [-0.25, -0.2) is 9.97 Å².